The van der Waals surface area contributed by atoms with E-state index in [-0.39, 0.29) is 5.92 Å². The van der Waals surface area contributed by atoms with Crippen LogP contribution in [0.15, 0.2) is 23.1 Å². The van der Waals surface area contributed by atoms with E-state index in [1.807, 2.05) is 7.05 Å². The van der Waals surface area contributed by atoms with Gasteiger partial charge in [0.05, 0.1) is 11.5 Å². The highest BCUT2D eigenvalue weighted by Gasteiger charge is 2.28. The van der Waals surface area contributed by atoms with Gasteiger partial charge in [-0.15, -0.1) is 0 Å². The molecule has 1 fully saturated rings. The van der Waals surface area contributed by atoms with E-state index in [1.165, 1.54) is 0 Å². The van der Waals surface area contributed by atoms with Crippen molar-refractivity contribution in [2.45, 2.75) is 38.0 Å². The number of rotatable bonds is 6. The van der Waals surface area contributed by atoms with Crippen LogP contribution in [0.4, 0.5) is 0 Å². The maximum atomic E-state index is 12.9. The largest absolute Gasteiger partial charge is 0.493 e. The summed E-state index contributed by atoms with van der Waals surface area (Å²) in [5, 5.41) is 0. The van der Waals surface area contributed by atoms with Crippen LogP contribution in [0.1, 0.15) is 38.7 Å². The topological polar surface area (TPSA) is 49.9 Å². The molecule has 130 valence electrons. The zero-order valence-electron chi connectivity index (χ0n) is 14.6. The lowest BCUT2D eigenvalue weighted by atomic mass is 10.0. The number of benzene rings is 1. The van der Waals surface area contributed by atoms with Gasteiger partial charge in [-0.2, -0.15) is 4.31 Å². The molecule has 1 aliphatic rings. The molecule has 0 bridgehead atoms. The summed E-state index contributed by atoms with van der Waals surface area (Å²) in [6.07, 6.45) is 0.929. The van der Waals surface area contributed by atoms with E-state index in [2.05, 4.69) is 25.7 Å². The fourth-order valence-electron chi connectivity index (χ4n) is 2.66. The molecular formula is C17H28N2O3S. The van der Waals surface area contributed by atoms with Crippen LogP contribution in [-0.2, 0) is 10.0 Å². The van der Waals surface area contributed by atoms with Crippen molar-refractivity contribution in [2.75, 3.05) is 39.8 Å². The lowest BCUT2D eigenvalue weighted by molar-refractivity contribution is 0.222. The van der Waals surface area contributed by atoms with Gasteiger partial charge in [0.25, 0.3) is 0 Å². The van der Waals surface area contributed by atoms with E-state index in [4.69, 9.17) is 4.74 Å². The van der Waals surface area contributed by atoms with Gasteiger partial charge in [0.1, 0.15) is 5.75 Å². The van der Waals surface area contributed by atoms with Crippen molar-refractivity contribution >= 4 is 10.0 Å². The van der Waals surface area contributed by atoms with Crippen molar-refractivity contribution in [3.63, 3.8) is 0 Å². The van der Waals surface area contributed by atoms with Crippen LogP contribution in [0.5, 0.6) is 5.75 Å². The minimum Gasteiger partial charge on any atom is -0.493 e. The monoisotopic (exact) mass is 340 g/mol. The van der Waals surface area contributed by atoms with Gasteiger partial charge in [-0.05, 0) is 43.1 Å². The smallest absolute Gasteiger partial charge is 0.243 e. The predicted octanol–water partition coefficient (Wildman–Crippen LogP) is 2.53. The van der Waals surface area contributed by atoms with Crippen molar-refractivity contribution in [1.29, 1.82) is 0 Å². The lowest BCUT2D eigenvalue weighted by Gasteiger charge is -2.31. The standard InChI is InChI=1S/C17H28N2O3S/c1-5-12-22-17-7-6-15(13-16(17)14(2)3)23(20,21)19-10-8-18(4)9-11-19/h6-7,13-14H,5,8-12H2,1-4H3. The molecule has 2 rings (SSSR count). The van der Waals surface area contributed by atoms with Crippen LogP contribution in [0.2, 0.25) is 0 Å². The normalized spacial score (nSPS) is 17.6. The zero-order valence-corrected chi connectivity index (χ0v) is 15.4. The number of piperazine rings is 1. The van der Waals surface area contributed by atoms with E-state index in [1.54, 1.807) is 22.5 Å². The number of sulfonamides is 1. The molecule has 0 amide bonds. The van der Waals surface area contributed by atoms with E-state index in [0.29, 0.717) is 24.6 Å². The SMILES string of the molecule is CCCOc1ccc(S(=O)(=O)N2CCN(C)CC2)cc1C(C)C. The van der Waals surface area contributed by atoms with Gasteiger partial charge in [0.2, 0.25) is 10.0 Å². The molecule has 0 aromatic heterocycles. The molecule has 1 saturated heterocycles. The fraction of sp³-hybridized carbons (Fsp3) is 0.647. The molecular weight excluding hydrogens is 312 g/mol. The molecule has 6 heteroatoms. The first-order valence-electron chi connectivity index (χ1n) is 8.31. The highest BCUT2D eigenvalue weighted by Crippen LogP contribution is 2.30. The molecule has 0 spiro atoms. The minimum absolute atomic E-state index is 0.212. The molecule has 5 nitrogen and oxygen atoms in total. The van der Waals surface area contributed by atoms with Crippen LogP contribution < -0.4 is 4.74 Å². The Morgan fingerprint density at radius 1 is 1.17 bits per heavy atom. The van der Waals surface area contributed by atoms with Crippen LogP contribution >= 0.6 is 0 Å². The Labute approximate surface area is 140 Å². The van der Waals surface area contributed by atoms with Gasteiger partial charge >= 0.3 is 0 Å². The molecule has 0 saturated carbocycles. The maximum absolute atomic E-state index is 12.9. The number of ether oxygens (including phenoxy) is 1. The van der Waals surface area contributed by atoms with Gasteiger partial charge in [0.15, 0.2) is 0 Å². The molecule has 0 N–H and O–H groups in total. The Balaban J connectivity index is 2.29. The summed E-state index contributed by atoms with van der Waals surface area (Å²) in [5.41, 5.74) is 0.952. The Kier molecular flexibility index (Phi) is 6.06. The van der Waals surface area contributed by atoms with Crippen LogP contribution in [-0.4, -0.2) is 57.5 Å². The Hall–Kier alpha value is -1.11. The van der Waals surface area contributed by atoms with E-state index in [9.17, 15) is 8.42 Å². The van der Waals surface area contributed by atoms with Gasteiger partial charge in [-0.3, -0.25) is 0 Å². The van der Waals surface area contributed by atoms with Gasteiger partial charge in [0, 0.05) is 26.2 Å². The Bertz CT molecular complexity index is 621. The minimum atomic E-state index is -3.43. The second kappa shape index (κ2) is 7.64. The molecule has 1 aromatic carbocycles. The molecule has 1 aliphatic heterocycles. The Morgan fingerprint density at radius 2 is 1.83 bits per heavy atom. The summed E-state index contributed by atoms with van der Waals surface area (Å²) in [4.78, 5) is 2.52. The van der Waals surface area contributed by atoms with Gasteiger partial charge in [-0.25, -0.2) is 8.42 Å². The van der Waals surface area contributed by atoms with Crippen molar-refractivity contribution in [3.8, 4) is 5.75 Å². The van der Waals surface area contributed by atoms with Gasteiger partial charge in [-0.1, -0.05) is 20.8 Å². The summed E-state index contributed by atoms with van der Waals surface area (Å²) >= 11 is 0. The first-order chi connectivity index (χ1) is 10.9. The van der Waals surface area contributed by atoms with E-state index < -0.39 is 10.0 Å². The third kappa shape index (κ3) is 4.25. The first-order valence-corrected chi connectivity index (χ1v) is 9.75. The van der Waals surface area contributed by atoms with Crippen molar-refractivity contribution in [1.82, 2.24) is 9.21 Å². The average molecular weight is 340 g/mol. The lowest BCUT2D eigenvalue weighted by Crippen LogP contribution is -2.47. The zero-order chi connectivity index (χ0) is 17.0. The summed E-state index contributed by atoms with van der Waals surface area (Å²) in [6.45, 7) is 9.45. The highest BCUT2D eigenvalue weighted by atomic mass is 32.2. The summed E-state index contributed by atoms with van der Waals surface area (Å²) in [5.74, 6) is 1.00. The van der Waals surface area contributed by atoms with E-state index in [0.717, 1.165) is 30.8 Å². The van der Waals surface area contributed by atoms with Crippen LogP contribution in [0.25, 0.3) is 0 Å². The van der Waals surface area contributed by atoms with Crippen LogP contribution in [0.3, 0.4) is 0 Å². The molecule has 0 atom stereocenters. The molecule has 0 unspecified atom stereocenters. The van der Waals surface area contributed by atoms with Crippen molar-refractivity contribution in [3.05, 3.63) is 23.8 Å². The number of nitrogens with zero attached hydrogens (tertiary/aromatic N) is 2. The fourth-order valence-corrected chi connectivity index (χ4v) is 4.12. The number of likely N-dealkylation sites (N-methyl/N-ethyl adjacent to an activating group) is 1. The Morgan fingerprint density at radius 3 is 2.39 bits per heavy atom. The van der Waals surface area contributed by atoms with Crippen LogP contribution in [0, 0.1) is 0 Å². The number of hydrogen-bond donors (Lipinski definition) is 0. The van der Waals surface area contributed by atoms with Gasteiger partial charge < -0.3 is 9.64 Å². The molecule has 0 aliphatic carbocycles. The van der Waals surface area contributed by atoms with Crippen molar-refractivity contribution < 1.29 is 13.2 Å². The third-order valence-electron chi connectivity index (χ3n) is 4.16. The third-order valence-corrected chi connectivity index (χ3v) is 6.06. The molecule has 0 radical (unpaired) electrons. The van der Waals surface area contributed by atoms with E-state index >= 15 is 0 Å². The average Bonchev–Trinajstić information content (AvgIpc) is 2.53. The van der Waals surface area contributed by atoms with Crippen molar-refractivity contribution in [2.24, 2.45) is 0 Å². The summed E-state index contributed by atoms with van der Waals surface area (Å²) in [6, 6.07) is 5.25. The summed E-state index contributed by atoms with van der Waals surface area (Å²) < 4.78 is 33.1. The second-order valence-electron chi connectivity index (χ2n) is 6.41. The summed E-state index contributed by atoms with van der Waals surface area (Å²) in [7, 11) is -1.41. The maximum Gasteiger partial charge on any atom is 0.243 e. The number of hydrogen-bond acceptors (Lipinski definition) is 4. The molecule has 1 heterocycles. The predicted molar refractivity (Wildman–Crippen MR) is 92.6 cm³/mol. The quantitative estimate of drug-likeness (QED) is 0.798. The second-order valence-corrected chi connectivity index (χ2v) is 8.35. The first kappa shape index (κ1) is 18.2. The molecule has 1 aromatic rings. The molecule has 23 heavy (non-hydrogen) atoms. The highest BCUT2D eigenvalue weighted by molar-refractivity contribution is 7.89.